The van der Waals surface area contributed by atoms with Crippen molar-refractivity contribution in [3.63, 3.8) is 0 Å². The minimum absolute atomic E-state index is 0. The molecule has 0 saturated carbocycles. The molecule has 0 atom stereocenters. The zero-order chi connectivity index (χ0) is 17.5. The van der Waals surface area contributed by atoms with E-state index in [-0.39, 0.29) is 29.8 Å². The number of rotatable bonds is 5. The molecule has 0 unspecified atom stereocenters. The second kappa shape index (κ2) is 10.4. The van der Waals surface area contributed by atoms with Gasteiger partial charge in [-0.25, -0.2) is 4.39 Å². The van der Waals surface area contributed by atoms with Crippen LogP contribution in [0.25, 0.3) is 0 Å². The van der Waals surface area contributed by atoms with Crippen LogP contribution in [0, 0.1) is 5.82 Å². The maximum Gasteiger partial charge on any atom is 0.191 e. The van der Waals surface area contributed by atoms with Crippen LogP contribution in [-0.2, 0) is 25.9 Å². The van der Waals surface area contributed by atoms with E-state index in [0.717, 1.165) is 36.6 Å². The Kier molecular flexibility index (Phi) is 8.27. The van der Waals surface area contributed by atoms with E-state index in [1.165, 1.54) is 25.3 Å². The van der Waals surface area contributed by atoms with Crippen molar-refractivity contribution in [1.82, 2.24) is 25.4 Å². The van der Waals surface area contributed by atoms with Gasteiger partial charge in [0.05, 0.1) is 6.54 Å². The van der Waals surface area contributed by atoms with E-state index in [1.807, 2.05) is 6.07 Å². The van der Waals surface area contributed by atoms with Crippen molar-refractivity contribution in [2.24, 2.45) is 4.99 Å². The average Bonchev–Trinajstić information content (AvgIpc) is 2.85. The van der Waals surface area contributed by atoms with Crippen LogP contribution in [0.15, 0.2) is 29.3 Å². The fourth-order valence-corrected chi connectivity index (χ4v) is 3.08. The van der Waals surface area contributed by atoms with Crippen molar-refractivity contribution in [2.75, 3.05) is 13.6 Å². The predicted molar refractivity (Wildman–Crippen MR) is 111 cm³/mol. The molecule has 1 aromatic heterocycles. The molecule has 0 aliphatic carbocycles. The summed E-state index contributed by atoms with van der Waals surface area (Å²) >= 11 is 0. The maximum atomic E-state index is 13.2. The number of aryl methyl sites for hydroxylation is 1. The monoisotopic (exact) mass is 472 g/mol. The highest BCUT2D eigenvalue weighted by molar-refractivity contribution is 14.0. The summed E-state index contributed by atoms with van der Waals surface area (Å²) in [5.41, 5.74) is 0.964. The van der Waals surface area contributed by atoms with Gasteiger partial charge in [0.2, 0.25) is 0 Å². The molecule has 2 heterocycles. The largest absolute Gasteiger partial charge is 0.356 e. The molecule has 2 aromatic rings. The number of fused-ring (bicyclic) bond motifs is 1. The normalized spacial score (nSPS) is 14.2. The van der Waals surface area contributed by atoms with Crippen LogP contribution in [0.2, 0.25) is 0 Å². The third-order valence-corrected chi connectivity index (χ3v) is 4.42. The molecule has 6 nitrogen and oxygen atoms in total. The van der Waals surface area contributed by atoms with Crippen LogP contribution in [0.4, 0.5) is 4.39 Å². The lowest BCUT2D eigenvalue weighted by Crippen LogP contribution is -2.38. The number of hydrogen-bond donors (Lipinski definition) is 2. The van der Waals surface area contributed by atoms with Crippen LogP contribution in [0.5, 0.6) is 0 Å². The average molecular weight is 472 g/mol. The molecule has 1 aliphatic rings. The zero-order valence-corrected chi connectivity index (χ0v) is 17.4. The van der Waals surface area contributed by atoms with Crippen LogP contribution < -0.4 is 10.6 Å². The molecule has 0 fully saturated rings. The van der Waals surface area contributed by atoms with E-state index < -0.39 is 0 Å². The molecule has 1 aromatic carbocycles. The Morgan fingerprint density at radius 1 is 1.23 bits per heavy atom. The van der Waals surface area contributed by atoms with Gasteiger partial charge in [0.15, 0.2) is 11.8 Å². The number of nitrogens with one attached hydrogen (secondary N) is 2. The first-order chi connectivity index (χ1) is 12.3. The lowest BCUT2D eigenvalue weighted by molar-refractivity contribution is 0.596. The highest BCUT2D eigenvalue weighted by Gasteiger charge is 2.14. The van der Waals surface area contributed by atoms with Crippen molar-refractivity contribution in [1.29, 1.82) is 0 Å². The van der Waals surface area contributed by atoms with Crippen molar-refractivity contribution < 1.29 is 4.39 Å². The summed E-state index contributed by atoms with van der Waals surface area (Å²) in [5, 5.41) is 15.1. The van der Waals surface area contributed by atoms with Crippen LogP contribution in [0.1, 0.15) is 36.5 Å². The van der Waals surface area contributed by atoms with Gasteiger partial charge >= 0.3 is 0 Å². The molecule has 26 heavy (non-hydrogen) atoms. The van der Waals surface area contributed by atoms with Crippen molar-refractivity contribution in [3.8, 4) is 0 Å². The molecule has 0 bridgehead atoms. The van der Waals surface area contributed by atoms with E-state index in [2.05, 4.69) is 30.4 Å². The Hall–Kier alpha value is -1.71. The Morgan fingerprint density at radius 3 is 2.92 bits per heavy atom. The summed E-state index contributed by atoms with van der Waals surface area (Å²) in [6.45, 7) is 2.26. The topological polar surface area (TPSA) is 67.1 Å². The lowest BCUT2D eigenvalue weighted by atomic mass is 10.1. The summed E-state index contributed by atoms with van der Waals surface area (Å²) in [5.74, 6) is 2.54. The van der Waals surface area contributed by atoms with Gasteiger partial charge in [-0.15, -0.1) is 34.2 Å². The Labute approximate surface area is 170 Å². The summed E-state index contributed by atoms with van der Waals surface area (Å²) in [4.78, 5) is 4.23. The van der Waals surface area contributed by atoms with E-state index in [4.69, 9.17) is 0 Å². The minimum atomic E-state index is -0.201. The molecule has 8 heteroatoms. The molecule has 0 radical (unpaired) electrons. The van der Waals surface area contributed by atoms with E-state index in [1.54, 1.807) is 19.2 Å². The predicted octanol–water partition coefficient (Wildman–Crippen LogP) is 2.67. The molecule has 0 spiro atoms. The fraction of sp³-hybridized carbons (Fsp3) is 0.500. The van der Waals surface area contributed by atoms with E-state index in [0.29, 0.717) is 19.0 Å². The maximum absolute atomic E-state index is 13.2. The van der Waals surface area contributed by atoms with Crippen LogP contribution >= 0.6 is 24.0 Å². The quantitative estimate of drug-likeness (QED) is 0.399. The molecule has 3 rings (SSSR count). The van der Waals surface area contributed by atoms with Crippen LogP contribution in [0.3, 0.4) is 0 Å². The SMILES string of the molecule is CN=C(NCCc1cccc(F)c1)NCc1nnc2n1CCCCC2.I. The molecule has 1 aliphatic heterocycles. The fourth-order valence-electron chi connectivity index (χ4n) is 3.08. The Balaban J connectivity index is 0.00000243. The highest BCUT2D eigenvalue weighted by Crippen LogP contribution is 2.14. The minimum Gasteiger partial charge on any atom is -0.356 e. The highest BCUT2D eigenvalue weighted by atomic mass is 127. The molecule has 0 amide bonds. The van der Waals surface area contributed by atoms with Gasteiger partial charge in [0.1, 0.15) is 11.6 Å². The standard InChI is InChI=1S/C18H25FN6.HI/c1-20-18(21-10-9-14-6-5-7-15(19)12-14)22-13-17-24-23-16-8-3-2-4-11-25(16)17;/h5-7,12H,2-4,8-11,13H2,1H3,(H2,20,21,22);1H. The van der Waals surface area contributed by atoms with E-state index >= 15 is 0 Å². The zero-order valence-electron chi connectivity index (χ0n) is 15.0. The lowest BCUT2D eigenvalue weighted by Gasteiger charge is -2.12. The molecule has 0 saturated heterocycles. The molecule has 142 valence electrons. The van der Waals surface area contributed by atoms with Gasteiger partial charge in [-0.3, -0.25) is 4.99 Å². The molecular weight excluding hydrogens is 446 g/mol. The number of aliphatic imine (C=N–C) groups is 1. The number of nitrogens with zero attached hydrogens (tertiary/aromatic N) is 4. The summed E-state index contributed by atoms with van der Waals surface area (Å²) in [7, 11) is 1.74. The van der Waals surface area contributed by atoms with E-state index in [9.17, 15) is 4.39 Å². The van der Waals surface area contributed by atoms with Gasteiger partial charge < -0.3 is 15.2 Å². The number of halogens is 2. The van der Waals surface area contributed by atoms with Crippen molar-refractivity contribution >= 4 is 29.9 Å². The van der Waals surface area contributed by atoms with Gasteiger partial charge in [-0.2, -0.15) is 0 Å². The van der Waals surface area contributed by atoms with Gasteiger partial charge in [-0.05, 0) is 37.0 Å². The third kappa shape index (κ3) is 5.65. The second-order valence-electron chi connectivity index (χ2n) is 6.23. The van der Waals surface area contributed by atoms with Gasteiger partial charge in [0.25, 0.3) is 0 Å². The number of guanidine groups is 1. The number of benzene rings is 1. The first kappa shape index (κ1) is 20.6. The summed E-state index contributed by atoms with van der Waals surface area (Å²) in [6.07, 6.45) is 5.36. The summed E-state index contributed by atoms with van der Waals surface area (Å²) < 4.78 is 15.4. The van der Waals surface area contributed by atoms with Crippen molar-refractivity contribution in [2.45, 2.75) is 45.2 Å². The van der Waals surface area contributed by atoms with Crippen LogP contribution in [-0.4, -0.2) is 34.3 Å². The molecule has 2 N–H and O–H groups in total. The van der Waals surface area contributed by atoms with Crippen molar-refractivity contribution in [3.05, 3.63) is 47.3 Å². The third-order valence-electron chi connectivity index (χ3n) is 4.42. The number of hydrogen-bond acceptors (Lipinski definition) is 3. The van der Waals surface area contributed by atoms with Gasteiger partial charge in [0, 0.05) is 26.6 Å². The Morgan fingerprint density at radius 2 is 2.12 bits per heavy atom. The Bertz CT molecular complexity index is 730. The van der Waals surface area contributed by atoms with Gasteiger partial charge in [-0.1, -0.05) is 18.6 Å². The number of aromatic nitrogens is 3. The summed E-state index contributed by atoms with van der Waals surface area (Å²) in [6, 6.07) is 6.67. The smallest absolute Gasteiger partial charge is 0.191 e. The first-order valence-corrected chi connectivity index (χ1v) is 8.86. The molecular formula is C18H26FIN6. The second-order valence-corrected chi connectivity index (χ2v) is 6.23. The first-order valence-electron chi connectivity index (χ1n) is 8.86.